The second-order valence-electron chi connectivity index (χ2n) is 6.40. The Balaban J connectivity index is 2.54. The first-order valence-electron chi connectivity index (χ1n) is 8.03. The summed E-state index contributed by atoms with van der Waals surface area (Å²) in [5, 5.41) is 3.09. The van der Waals surface area contributed by atoms with E-state index in [1.165, 1.54) is 5.56 Å². The van der Waals surface area contributed by atoms with Crippen LogP contribution in [0.1, 0.15) is 57.7 Å². The molecule has 0 aliphatic carbocycles. The molecule has 2 atom stereocenters. The Morgan fingerprint density at radius 2 is 1.76 bits per heavy atom. The van der Waals surface area contributed by atoms with E-state index in [2.05, 4.69) is 43.4 Å². The zero-order chi connectivity index (χ0) is 15.8. The average molecular weight is 290 g/mol. The van der Waals surface area contributed by atoms with Crippen molar-refractivity contribution in [2.24, 2.45) is 17.6 Å². The van der Waals surface area contributed by atoms with Crippen LogP contribution in [0.25, 0.3) is 0 Å². The van der Waals surface area contributed by atoms with Gasteiger partial charge in [0.05, 0.1) is 6.04 Å². The maximum absolute atomic E-state index is 12.1. The van der Waals surface area contributed by atoms with Crippen LogP contribution in [0.4, 0.5) is 0 Å². The first kappa shape index (κ1) is 17.7. The molecule has 0 aliphatic rings. The van der Waals surface area contributed by atoms with E-state index < -0.39 is 0 Å². The van der Waals surface area contributed by atoms with Crippen LogP contribution in [0, 0.1) is 11.8 Å². The number of amides is 1. The second kappa shape index (κ2) is 8.83. The number of hydrogen-bond donors (Lipinski definition) is 2. The Labute approximate surface area is 129 Å². The Bertz CT molecular complexity index is 425. The molecule has 0 aromatic heterocycles. The summed E-state index contributed by atoms with van der Waals surface area (Å²) in [6, 6.07) is 8.61. The quantitative estimate of drug-likeness (QED) is 0.770. The summed E-state index contributed by atoms with van der Waals surface area (Å²) in [4.78, 5) is 12.1. The molecule has 0 heterocycles. The first-order chi connectivity index (χ1) is 9.93. The van der Waals surface area contributed by atoms with E-state index in [1.807, 2.05) is 13.8 Å². The molecule has 0 saturated heterocycles. The summed E-state index contributed by atoms with van der Waals surface area (Å²) in [5.41, 5.74) is 7.99. The second-order valence-corrected chi connectivity index (χ2v) is 6.40. The molecule has 0 fully saturated rings. The molecular formula is C18H30N2O. The van der Waals surface area contributed by atoms with Crippen LogP contribution < -0.4 is 11.1 Å². The number of benzene rings is 1. The highest BCUT2D eigenvalue weighted by molar-refractivity contribution is 5.78. The summed E-state index contributed by atoms with van der Waals surface area (Å²) in [6.45, 7) is 9.08. The monoisotopic (exact) mass is 290 g/mol. The molecule has 3 N–H and O–H groups in total. The largest absolute Gasteiger partial charge is 0.349 e. The fourth-order valence-corrected chi connectivity index (χ4v) is 2.41. The molecule has 3 nitrogen and oxygen atoms in total. The van der Waals surface area contributed by atoms with Gasteiger partial charge in [-0.15, -0.1) is 0 Å². The minimum absolute atomic E-state index is 0.0243. The van der Waals surface area contributed by atoms with E-state index in [1.54, 1.807) is 0 Å². The van der Waals surface area contributed by atoms with Gasteiger partial charge in [0.2, 0.25) is 5.91 Å². The van der Waals surface area contributed by atoms with E-state index in [0.29, 0.717) is 12.5 Å². The third-order valence-corrected chi connectivity index (χ3v) is 3.77. The Hall–Kier alpha value is -1.35. The van der Waals surface area contributed by atoms with Crippen LogP contribution >= 0.6 is 0 Å². The van der Waals surface area contributed by atoms with Crippen molar-refractivity contribution in [3.05, 3.63) is 35.4 Å². The van der Waals surface area contributed by atoms with Crippen LogP contribution in [0.3, 0.4) is 0 Å². The van der Waals surface area contributed by atoms with E-state index in [0.717, 1.165) is 24.8 Å². The van der Waals surface area contributed by atoms with Gasteiger partial charge in [-0.05, 0) is 49.8 Å². The third kappa shape index (κ3) is 6.30. The van der Waals surface area contributed by atoms with Gasteiger partial charge in [-0.3, -0.25) is 4.79 Å². The van der Waals surface area contributed by atoms with Crippen molar-refractivity contribution in [1.29, 1.82) is 0 Å². The zero-order valence-electron chi connectivity index (χ0n) is 13.9. The maximum Gasteiger partial charge on any atom is 0.223 e. The molecule has 1 rings (SSSR count). The summed E-state index contributed by atoms with van der Waals surface area (Å²) in [5.74, 6) is 0.801. The highest BCUT2D eigenvalue weighted by Gasteiger charge is 2.15. The summed E-state index contributed by atoms with van der Waals surface area (Å²) in [6.07, 6.45) is 2.84. The van der Waals surface area contributed by atoms with Crippen molar-refractivity contribution in [1.82, 2.24) is 5.32 Å². The van der Waals surface area contributed by atoms with Crippen LogP contribution in [-0.4, -0.2) is 12.5 Å². The molecule has 0 radical (unpaired) electrons. The molecule has 2 unspecified atom stereocenters. The lowest BCUT2D eigenvalue weighted by molar-refractivity contribution is -0.125. The number of hydrogen-bond acceptors (Lipinski definition) is 2. The number of carbonyl (C=O) groups excluding carboxylic acids is 1. The molecule has 3 heteroatoms. The topological polar surface area (TPSA) is 55.1 Å². The fourth-order valence-electron chi connectivity index (χ4n) is 2.41. The predicted molar refractivity (Wildman–Crippen MR) is 89.0 cm³/mol. The van der Waals surface area contributed by atoms with E-state index in [9.17, 15) is 4.79 Å². The van der Waals surface area contributed by atoms with Crippen molar-refractivity contribution >= 4 is 5.91 Å². The molecule has 118 valence electrons. The standard InChI is InChI=1S/C18H30N2O/c1-13(2)12-16-7-9-17(10-8-16)15(4)20-18(21)14(3)6-5-11-19/h7-10,13-15H,5-6,11-12,19H2,1-4H3,(H,20,21). The summed E-state index contributed by atoms with van der Waals surface area (Å²) >= 11 is 0. The normalized spacial score (nSPS) is 14.0. The van der Waals surface area contributed by atoms with Gasteiger partial charge in [0.15, 0.2) is 0 Å². The van der Waals surface area contributed by atoms with Gasteiger partial charge in [0, 0.05) is 5.92 Å². The van der Waals surface area contributed by atoms with Gasteiger partial charge >= 0.3 is 0 Å². The van der Waals surface area contributed by atoms with Crippen LogP contribution in [0.15, 0.2) is 24.3 Å². The van der Waals surface area contributed by atoms with Gasteiger partial charge in [-0.2, -0.15) is 0 Å². The Kier molecular flexibility index (Phi) is 7.44. The summed E-state index contributed by atoms with van der Waals surface area (Å²) < 4.78 is 0. The van der Waals surface area contributed by atoms with Crippen LogP contribution in [-0.2, 0) is 11.2 Å². The van der Waals surface area contributed by atoms with E-state index >= 15 is 0 Å². The third-order valence-electron chi connectivity index (χ3n) is 3.77. The molecule has 1 aromatic carbocycles. The van der Waals surface area contributed by atoms with Crippen molar-refractivity contribution in [2.75, 3.05) is 6.54 Å². The average Bonchev–Trinajstić information content (AvgIpc) is 2.44. The lowest BCUT2D eigenvalue weighted by Gasteiger charge is -2.18. The van der Waals surface area contributed by atoms with Gasteiger partial charge in [0.25, 0.3) is 0 Å². The number of carbonyl (C=O) groups is 1. The number of nitrogens with one attached hydrogen (secondary N) is 1. The van der Waals surface area contributed by atoms with Crippen molar-refractivity contribution in [3.8, 4) is 0 Å². The summed E-state index contributed by atoms with van der Waals surface area (Å²) in [7, 11) is 0. The smallest absolute Gasteiger partial charge is 0.223 e. The van der Waals surface area contributed by atoms with Gasteiger partial charge in [0.1, 0.15) is 0 Å². The van der Waals surface area contributed by atoms with E-state index in [4.69, 9.17) is 5.73 Å². The minimum atomic E-state index is 0.0243. The van der Waals surface area contributed by atoms with Crippen LogP contribution in [0.2, 0.25) is 0 Å². The molecule has 21 heavy (non-hydrogen) atoms. The van der Waals surface area contributed by atoms with Crippen molar-refractivity contribution < 1.29 is 4.79 Å². The van der Waals surface area contributed by atoms with Crippen LogP contribution in [0.5, 0.6) is 0 Å². The molecule has 1 aromatic rings. The molecule has 0 aliphatic heterocycles. The molecular weight excluding hydrogens is 260 g/mol. The van der Waals surface area contributed by atoms with Crippen molar-refractivity contribution in [2.45, 2.75) is 53.0 Å². The molecule has 0 bridgehead atoms. The van der Waals surface area contributed by atoms with Gasteiger partial charge in [-0.25, -0.2) is 0 Å². The first-order valence-corrected chi connectivity index (χ1v) is 8.03. The SMILES string of the molecule is CC(C)Cc1ccc(C(C)NC(=O)C(C)CCCN)cc1. The lowest BCUT2D eigenvalue weighted by atomic mass is 9.99. The predicted octanol–water partition coefficient (Wildman–Crippen LogP) is 3.44. The van der Waals surface area contributed by atoms with Crippen molar-refractivity contribution in [3.63, 3.8) is 0 Å². The maximum atomic E-state index is 12.1. The van der Waals surface area contributed by atoms with Gasteiger partial charge in [-0.1, -0.05) is 45.0 Å². The zero-order valence-corrected chi connectivity index (χ0v) is 13.9. The fraction of sp³-hybridized carbons (Fsp3) is 0.611. The lowest BCUT2D eigenvalue weighted by Crippen LogP contribution is -2.31. The number of rotatable bonds is 8. The molecule has 0 saturated carbocycles. The van der Waals surface area contributed by atoms with E-state index in [-0.39, 0.29) is 17.9 Å². The highest BCUT2D eigenvalue weighted by Crippen LogP contribution is 2.16. The highest BCUT2D eigenvalue weighted by atomic mass is 16.1. The number of nitrogens with two attached hydrogens (primary N) is 1. The Morgan fingerprint density at radius 1 is 1.14 bits per heavy atom. The van der Waals surface area contributed by atoms with Gasteiger partial charge < -0.3 is 11.1 Å². The Morgan fingerprint density at radius 3 is 2.29 bits per heavy atom. The molecule has 1 amide bonds. The molecule has 0 spiro atoms. The minimum Gasteiger partial charge on any atom is -0.349 e.